The van der Waals surface area contributed by atoms with Gasteiger partial charge in [-0.15, -0.1) is 0 Å². The van der Waals surface area contributed by atoms with Gasteiger partial charge in [-0.1, -0.05) is 20.8 Å². The number of hydrogen-bond acceptors (Lipinski definition) is 4. The summed E-state index contributed by atoms with van der Waals surface area (Å²) in [4.78, 5) is 26.0. The van der Waals surface area contributed by atoms with Crippen LogP contribution in [0.25, 0.3) is 0 Å². The van der Waals surface area contributed by atoms with Crippen molar-refractivity contribution in [3.05, 3.63) is 24.2 Å². The molecule has 1 aliphatic carbocycles. The van der Waals surface area contributed by atoms with Gasteiger partial charge in [-0.3, -0.25) is 14.5 Å². The van der Waals surface area contributed by atoms with Crippen molar-refractivity contribution in [1.29, 1.82) is 0 Å². The molecule has 1 aliphatic rings. The Morgan fingerprint density at radius 2 is 2.04 bits per heavy atom. The zero-order valence-corrected chi connectivity index (χ0v) is 14.9. The molecule has 1 fully saturated rings. The average molecular weight is 335 g/mol. The number of nitrogens with one attached hydrogen (secondary N) is 2. The van der Waals surface area contributed by atoms with Gasteiger partial charge in [0.05, 0.1) is 12.3 Å². The number of likely N-dealkylation sites (N-methyl/N-ethyl adjacent to an activating group) is 1. The number of rotatable bonds is 10. The topological polar surface area (TPSA) is 74.6 Å². The Balaban J connectivity index is 1.74. The van der Waals surface area contributed by atoms with E-state index in [1.54, 1.807) is 6.26 Å². The van der Waals surface area contributed by atoms with Gasteiger partial charge in [-0.2, -0.15) is 0 Å². The van der Waals surface area contributed by atoms with E-state index < -0.39 is 0 Å². The molecule has 24 heavy (non-hydrogen) atoms. The predicted octanol–water partition coefficient (Wildman–Crippen LogP) is 1.94. The van der Waals surface area contributed by atoms with Gasteiger partial charge in [0, 0.05) is 25.4 Å². The highest BCUT2D eigenvalue weighted by atomic mass is 16.3. The quantitative estimate of drug-likeness (QED) is 0.685. The van der Waals surface area contributed by atoms with Gasteiger partial charge in [-0.25, -0.2) is 0 Å². The Kier molecular flexibility index (Phi) is 6.85. The Bertz CT molecular complexity index is 526. The fourth-order valence-electron chi connectivity index (χ4n) is 2.97. The van der Waals surface area contributed by atoms with Crippen LogP contribution in [0.3, 0.4) is 0 Å². The molecule has 0 spiro atoms. The summed E-state index contributed by atoms with van der Waals surface area (Å²) < 4.78 is 5.52. The van der Waals surface area contributed by atoms with Crippen molar-refractivity contribution in [2.75, 3.05) is 26.2 Å². The molecule has 0 aliphatic heterocycles. The number of nitrogens with zero attached hydrogens (tertiary/aromatic N) is 1. The number of carbonyl (C=O) groups is 2. The van der Waals surface area contributed by atoms with Crippen LogP contribution in [-0.2, 0) is 9.59 Å². The molecule has 2 amide bonds. The first kappa shape index (κ1) is 18.5. The molecule has 1 aromatic rings. The molecular formula is C18H29N3O3. The minimum atomic E-state index is -0.0529. The van der Waals surface area contributed by atoms with Gasteiger partial charge in [0.2, 0.25) is 11.8 Å². The fourth-order valence-corrected chi connectivity index (χ4v) is 2.97. The summed E-state index contributed by atoms with van der Waals surface area (Å²) in [6, 6.07) is 3.83. The minimum Gasteiger partial charge on any atom is -0.468 e. The van der Waals surface area contributed by atoms with Crippen molar-refractivity contribution < 1.29 is 14.0 Å². The average Bonchev–Trinajstić information content (AvgIpc) is 3.08. The van der Waals surface area contributed by atoms with Crippen LogP contribution in [0, 0.1) is 11.8 Å². The summed E-state index contributed by atoms with van der Waals surface area (Å²) in [5.74, 6) is 1.52. The summed E-state index contributed by atoms with van der Waals surface area (Å²) in [5.41, 5.74) is 0. The van der Waals surface area contributed by atoms with Gasteiger partial charge in [0.15, 0.2) is 0 Å². The van der Waals surface area contributed by atoms with Crippen molar-refractivity contribution in [1.82, 2.24) is 15.5 Å². The molecule has 3 atom stereocenters. The lowest BCUT2D eigenvalue weighted by molar-refractivity contribution is -0.123. The Labute approximate surface area is 144 Å². The lowest BCUT2D eigenvalue weighted by Crippen LogP contribution is -2.39. The van der Waals surface area contributed by atoms with Crippen LogP contribution in [0.5, 0.6) is 0 Å². The number of furan rings is 1. The number of carbonyl (C=O) groups excluding carboxylic acids is 2. The van der Waals surface area contributed by atoms with Crippen molar-refractivity contribution in [2.45, 2.75) is 39.7 Å². The third-order valence-corrected chi connectivity index (χ3v) is 4.71. The third kappa shape index (κ3) is 5.09. The van der Waals surface area contributed by atoms with Crippen LogP contribution >= 0.6 is 0 Å². The van der Waals surface area contributed by atoms with E-state index in [-0.39, 0.29) is 23.8 Å². The molecule has 134 valence electrons. The molecule has 0 unspecified atom stereocenters. The predicted molar refractivity (Wildman–Crippen MR) is 92.3 cm³/mol. The molecule has 6 nitrogen and oxygen atoms in total. The van der Waals surface area contributed by atoms with Crippen LogP contribution in [0.4, 0.5) is 0 Å². The molecule has 0 aromatic carbocycles. The van der Waals surface area contributed by atoms with E-state index in [0.29, 0.717) is 25.4 Å². The summed E-state index contributed by atoms with van der Waals surface area (Å²) >= 11 is 0. The van der Waals surface area contributed by atoms with Crippen LogP contribution in [0.1, 0.15) is 45.4 Å². The molecule has 2 N–H and O–H groups in total. The summed E-state index contributed by atoms with van der Waals surface area (Å²) in [7, 11) is 0. The van der Waals surface area contributed by atoms with Crippen LogP contribution in [0.15, 0.2) is 22.8 Å². The van der Waals surface area contributed by atoms with E-state index in [1.165, 1.54) is 0 Å². The molecule has 0 bridgehead atoms. The van der Waals surface area contributed by atoms with Crippen LogP contribution < -0.4 is 10.6 Å². The Morgan fingerprint density at radius 3 is 2.58 bits per heavy atom. The second-order valence-corrected chi connectivity index (χ2v) is 6.42. The number of amides is 2. The smallest absolute Gasteiger partial charge is 0.223 e. The summed E-state index contributed by atoms with van der Waals surface area (Å²) in [6.07, 6.45) is 2.92. The fraction of sp³-hybridized carbons (Fsp3) is 0.667. The molecule has 0 radical (unpaired) electrons. The minimum absolute atomic E-state index is 0.0286. The largest absolute Gasteiger partial charge is 0.468 e. The third-order valence-electron chi connectivity index (χ3n) is 4.71. The molecule has 0 saturated heterocycles. The van der Waals surface area contributed by atoms with Crippen molar-refractivity contribution in [2.24, 2.45) is 11.8 Å². The second-order valence-electron chi connectivity index (χ2n) is 6.42. The molecule has 2 rings (SSSR count). The highest BCUT2D eigenvalue weighted by molar-refractivity contribution is 5.82. The zero-order valence-electron chi connectivity index (χ0n) is 14.9. The Morgan fingerprint density at radius 1 is 1.33 bits per heavy atom. The van der Waals surface area contributed by atoms with E-state index >= 15 is 0 Å². The first-order valence-electron chi connectivity index (χ1n) is 8.88. The monoisotopic (exact) mass is 335 g/mol. The van der Waals surface area contributed by atoms with Gasteiger partial charge < -0.3 is 15.1 Å². The Hall–Kier alpha value is -1.82. The lowest BCUT2D eigenvalue weighted by Gasteiger charge is -2.28. The van der Waals surface area contributed by atoms with E-state index in [1.807, 2.05) is 12.1 Å². The van der Waals surface area contributed by atoms with Crippen LogP contribution in [0.2, 0.25) is 0 Å². The molecule has 6 heteroatoms. The highest BCUT2D eigenvalue weighted by Gasteiger charge is 2.38. The van der Waals surface area contributed by atoms with Crippen molar-refractivity contribution in [3.8, 4) is 0 Å². The first-order chi connectivity index (χ1) is 11.6. The van der Waals surface area contributed by atoms with Crippen LogP contribution in [-0.4, -0.2) is 42.9 Å². The van der Waals surface area contributed by atoms with E-state index in [4.69, 9.17) is 4.42 Å². The maximum absolute atomic E-state index is 12.0. The first-order valence-corrected chi connectivity index (χ1v) is 8.88. The van der Waals surface area contributed by atoms with Crippen molar-refractivity contribution >= 4 is 11.8 Å². The van der Waals surface area contributed by atoms with Crippen molar-refractivity contribution in [3.63, 3.8) is 0 Å². The zero-order chi connectivity index (χ0) is 17.5. The van der Waals surface area contributed by atoms with Gasteiger partial charge in [0.1, 0.15) is 5.76 Å². The van der Waals surface area contributed by atoms with E-state index in [0.717, 1.165) is 25.3 Å². The molecular weight excluding hydrogens is 306 g/mol. The van der Waals surface area contributed by atoms with Gasteiger partial charge >= 0.3 is 0 Å². The maximum atomic E-state index is 12.0. The van der Waals surface area contributed by atoms with Gasteiger partial charge in [0.25, 0.3) is 0 Å². The summed E-state index contributed by atoms with van der Waals surface area (Å²) in [6.45, 7) is 8.91. The lowest BCUT2D eigenvalue weighted by atomic mass is 10.2. The second kappa shape index (κ2) is 8.87. The standard InChI is InChI=1S/C18H29N3O3/c1-4-21(5-2)15(16-7-6-10-24-16)12-20-17(22)8-9-19-18(23)14-11-13(14)3/h6-7,10,13-15H,4-5,8-9,11-12H2,1-3H3,(H,19,23)(H,20,22)/t13-,14+,15+/m0/s1. The normalized spacial score (nSPS) is 20.7. The van der Waals surface area contributed by atoms with E-state index in [2.05, 4.69) is 36.3 Å². The SMILES string of the molecule is CCN(CC)[C@H](CNC(=O)CCNC(=O)[C@@H]1C[C@@H]1C)c1ccco1. The molecule has 1 heterocycles. The molecule has 1 aromatic heterocycles. The maximum Gasteiger partial charge on any atom is 0.223 e. The van der Waals surface area contributed by atoms with Gasteiger partial charge in [-0.05, 0) is 37.6 Å². The number of hydrogen-bond donors (Lipinski definition) is 2. The highest BCUT2D eigenvalue weighted by Crippen LogP contribution is 2.37. The molecule has 1 saturated carbocycles. The summed E-state index contributed by atoms with van der Waals surface area (Å²) in [5, 5.41) is 5.79. The van der Waals surface area contributed by atoms with E-state index in [9.17, 15) is 9.59 Å².